The number of carboxylic acids is 1. The zero-order valence-electron chi connectivity index (χ0n) is 28.7. The van der Waals surface area contributed by atoms with Gasteiger partial charge in [-0.05, 0) is 70.2 Å². The van der Waals surface area contributed by atoms with Crippen LogP contribution in [0.2, 0.25) is 0 Å². The Morgan fingerprint density at radius 3 is 2.39 bits per heavy atom. The van der Waals surface area contributed by atoms with Crippen molar-refractivity contribution in [2.24, 2.45) is 0 Å². The number of carbonyl (C=O) groups excluding carboxylic acids is 2. The third-order valence-electron chi connectivity index (χ3n) is 5.51. The molecule has 0 aliphatic carbocycles. The molecule has 0 amide bonds. The zero-order valence-corrected chi connectivity index (χ0v) is 25.5. The fourth-order valence-electron chi connectivity index (χ4n) is 3.77. The molecule has 38 heavy (non-hydrogen) atoms. The maximum absolute atomic E-state index is 11.9. The Morgan fingerprint density at radius 1 is 1.11 bits per heavy atom. The van der Waals surface area contributed by atoms with Gasteiger partial charge in [-0.3, -0.25) is 4.79 Å². The third-order valence-corrected chi connectivity index (χ3v) is 6.32. The predicted molar refractivity (Wildman–Crippen MR) is 144 cm³/mol. The van der Waals surface area contributed by atoms with Gasteiger partial charge < -0.3 is 29.6 Å². The molecule has 204 valence electrons. The molecule has 9 heteroatoms. The number of ether oxygens (including phenoxy) is 2. The summed E-state index contributed by atoms with van der Waals surface area (Å²) < 4.78 is 63.0. The molecule has 0 aromatic heterocycles. The van der Waals surface area contributed by atoms with Crippen molar-refractivity contribution in [3.63, 3.8) is 0 Å². The van der Waals surface area contributed by atoms with Gasteiger partial charge in [-0.25, -0.2) is 0 Å². The summed E-state index contributed by atoms with van der Waals surface area (Å²) in [6.45, 7) is 3.16. The van der Waals surface area contributed by atoms with Crippen LogP contribution >= 0.6 is 11.8 Å². The standard InChI is InChI=1S/C29H40O7S.Na/c1-5-9-23-25(14-12-22(20(4)31)29(23)36-16-7-11-27(32)33)35-17-8-18-37-26-15-13-21(19(3)30)28(34)24(26)10-6-2;/h12-15,20,31,34H,5-11,16-18H2,1-4H3,(H,32,33);/q;+1/p-1/i8D2,17D2,18D2;. The minimum absolute atomic E-state index is 0. The number of aliphatic hydroxyl groups excluding tert-OH is 1. The van der Waals surface area contributed by atoms with E-state index in [0.717, 1.165) is 0 Å². The van der Waals surface area contributed by atoms with E-state index in [1.54, 1.807) is 0 Å². The van der Waals surface area contributed by atoms with Crippen molar-refractivity contribution in [3.05, 3.63) is 46.5 Å². The molecule has 2 N–H and O–H groups in total. The van der Waals surface area contributed by atoms with Gasteiger partial charge in [-0.1, -0.05) is 26.7 Å². The van der Waals surface area contributed by atoms with Crippen molar-refractivity contribution >= 4 is 23.5 Å². The van der Waals surface area contributed by atoms with E-state index in [1.165, 1.54) is 38.1 Å². The van der Waals surface area contributed by atoms with Gasteiger partial charge in [0.25, 0.3) is 0 Å². The minimum atomic E-state index is -3.27. The molecule has 2 aromatic rings. The number of hydrogen-bond acceptors (Lipinski definition) is 8. The zero-order chi connectivity index (χ0) is 32.8. The van der Waals surface area contributed by atoms with Crippen LogP contribution in [0.1, 0.15) is 101 Å². The van der Waals surface area contributed by atoms with Crippen LogP contribution in [0.5, 0.6) is 17.2 Å². The SMILES string of the molecule is [2H]C([2H])(Oc1ccc(C(C)O)c(OCCCC(=O)[O-])c1CCC)C([2H])([2H])C([2H])([2H])Sc1ccc(C(C)=O)c(O)c1CCC.[Na+]. The van der Waals surface area contributed by atoms with Gasteiger partial charge >= 0.3 is 29.6 Å². The maximum Gasteiger partial charge on any atom is 1.00 e. The first kappa shape index (κ1) is 25.3. The Kier molecular flexibility index (Phi) is 11.8. The van der Waals surface area contributed by atoms with Crippen LogP contribution in [-0.4, -0.2) is 40.8 Å². The smallest absolute Gasteiger partial charge is 0.550 e. The average molecular weight is 561 g/mol. The number of phenols is 1. The second-order valence-corrected chi connectivity index (χ2v) is 9.34. The van der Waals surface area contributed by atoms with Crippen LogP contribution in [0.25, 0.3) is 0 Å². The Bertz CT molecular complexity index is 1310. The minimum Gasteiger partial charge on any atom is -0.550 e. The Balaban J connectivity index is 0.00000968. The van der Waals surface area contributed by atoms with Crippen LogP contribution in [0, 0.1) is 0 Å². The molecule has 7 nitrogen and oxygen atoms in total. The Labute approximate surface area is 261 Å². The van der Waals surface area contributed by atoms with Gasteiger partial charge in [-0.2, -0.15) is 0 Å². The van der Waals surface area contributed by atoms with Gasteiger partial charge in [0.15, 0.2) is 5.78 Å². The number of ketones is 1. The van der Waals surface area contributed by atoms with Gasteiger partial charge in [0.1, 0.15) is 17.2 Å². The molecular weight excluding hydrogens is 515 g/mol. The molecule has 2 rings (SSSR count). The van der Waals surface area contributed by atoms with E-state index >= 15 is 0 Å². The molecule has 1 atom stereocenters. The third kappa shape index (κ3) is 10.1. The molecule has 2 aromatic carbocycles. The van der Waals surface area contributed by atoms with E-state index < -0.39 is 30.7 Å². The topological polar surface area (TPSA) is 116 Å². The molecule has 0 spiro atoms. The summed E-state index contributed by atoms with van der Waals surface area (Å²) in [7, 11) is 0. The second-order valence-electron chi connectivity index (χ2n) is 8.49. The number of carboxylic acid groups (broad SMARTS) is 1. The number of phenolic OH excluding ortho intramolecular Hbond substituents is 1. The second kappa shape index (κ2) is 17.8. The molecule has 0 bridgehead atoms. The predicted octanol–water partition coefficient (Wildman–Crippen LogP) is 2.03. The number of rotatable bonds is 17. The summed E-state index contributed by atoms with van der Waals surface area (Å²) in [5.41, 5.74) is -1.96. The van der Waals surface area contributed by atoms with Crippen LogP contribution in [-0.2, 0) is 17.6 Å². The first-order valence-corrected chi connectivity index (χ1v) is 13.1. The molecule has 1 unspecified atom stereocenters. The summed E-state index contributed by atoms with van der Waals surface area (Å²) >= 11 is 0.388. The van der Waals surface area contributed by atoms with E-state index in [4.69, 9.17) is 17.7 Å². The van der Waals surface area contributed by atoms with Crippen molar-refractivity contribution in [1.29, 1.82) is 0 Å². The molecular formula is C29H39NaO7S. The number of aromatic hydroxyl groups is 1. The Hall–Kier alpha value is -1.71. The number of aliphatic carboxylic acids is 1. The molecule has 0 saturated heterocycles. The van der Waals surface area contributed by atoms with Crippen molar-refractivity contribution in [2.75, 3.05) is 18.9 Å². The summed E-state index contributed by atoms with van der Waals surface area (Å²) in [6.07, 6.45) is -2.79. The van der Waals surface area contributed by atoms with Crippen LogP contribution in [0.3, 0.4) is 0 Å². The molecule has 0 aliphatic rings. The summed E-state index contributed by atoms with van der Waals surface area (Å²) in [5, 5.41) is 31.8. The van der Waals surface area contributed by atoms with E-state index in [2.05, 4.69) is 0 Å². The molecule has 0 aliphatic heterocycles. The van der Waals surface area contributed by atoms with E-state index in [-0.39, 0.29) is 101 Å². The first-order chi connectivity index (χ1) is 19.9. The van der Waals surface area contributed by atoms with Crippen LogP contribution in [0.15, 0.2) is 29.2 Å². The largest absolute Gasteiger partial charge is 1.00 e. The quantitative estimate of drug-likeness (QED) is 0.131. The Morgan fingerprint density at radius 2 is 1.79 bits per heavy atom. The average Bonchev–Trinajstić information content (AvgIpc) is 2.89. The van der Waals surface area contributed by atoms with Crippen molar-refractivity contribution in [3.8, 4) is 17.2 Å². The number of thioether (sulfide) groups is 1. The van der Waals surface area contributed by atoms with Crippen molar-refractivity contribution in [1.82, 2.24) is 0 Å². The summed E-state index contributed by atoms with van der Waals surface area (Å²) in [6, 6.07) is 5.52. The molecule has 0 heterocycles. The van der Waals surface area contributed by atoms with E-state index in [1.807, 2.05) is 13.8 Å². The van der Waals surface area contributed by atoms with Gasteiger partial charge in [0.2, 0.25) is 0 Å². The number of hydrogen-bond donors (Lipinski definition) is 2. The van der Waals surface area contributed by atoms with Gasteiger partial charge in [0.05, 0.1) is 27.6 Å². The fourth-order valence-corrected chi connectivity index (χ4v) is 4.43. The van der Waals surface area contributed by atoms with Gasteiger partial charge in [0, 0.05) is 38.7 Å². The number of benzene rings is 2. The first-order valence-electron chi connectivity index (χ1n) is 15.3. The van der Waals surface area contributed by atoms with Crippen LogP contribution < -0.4 is 44.1 Å². The van der Waals surface area contributed by atoms with Gasteiger partial charge in [-0.15, -0.1) is 11.8 Å². The molecule has 0 saturated carbocycles. The number of carbonyl (C=O) groups is 2. The monoisotopic (exact) mass is 560 g/mol. The maximum atomic E-state index is 11.9. The van der Waals surface area contributed by atoms with E-state index in [0.29, 0.717) is 35.7 Å². The number of aliphatic hydroxyl groups is 1. The summed E-state index contributed by atoms with van der Waals surface area (Å²) in [5.74, 6) is -1.91. The van der Waals surface area contributed by atoms with E-state index in [9.17, 15) is 24.9 Å². The van der Waals surface area contributed by atoms with Crippen molar-refractivity contribution in [2.45, 2.75) is 83.6 Å². The number of Topliss-reactive ketones (excluding diaryl/α,β-unsaturated/α-hetero) is 1. The summed E-state index contributed by atoms with van der Waals surface area (Å²) in [4.78, 5) is 22.9. The van der Waals surface area contributed by atoms with Crippen LogP contribution in [0.4, 0.5) is 0 Å². The normalized spacial score (nSPS) is 15.0. The molecule has 0 radical (unpaired) electrons. The molecule has 0 fully saturated rings. The fraction of sp³-hybridized carbons (Fsp3) is 0.517. The van der Waals surface area contributed by atoms with Crippen molar-refractivity contribution < 1.29 is 72.2 Å².